The molecule has 0 fully saturated rings. The standard InChI is InChI=1S/C12H15FO2/c1-3-4-11(14)12(15)9-5-6-10(13)8(2)7-9/h5-7,11,14H,3-4H2,1-2H3. The van der Waals surface area contributed by atoms with Crippen molar-refractivity contribution >= 4 is 5.78 Å². The van der Waals surface area contributed by atoms with Crippen LogP contribution in [0.5, 0.6) is 0 Å². The normalized spacial score (nSPS) is 12.5. The third-order valence-electron chi connectivity index (χ3n) is 2.31. The lowest BCUT2D eigenvalue weighted by Gasteiger charge is -2.08. The van der Waals surface area contributed by atoms with Gasteiger partial charge in [0, 0.05) is 5.56 Å². The van der Waals surface area contributed by atoms with Crippen LogP contribution in [0.15, 0.2) is 18.2 Å². The van der Waals surface area contributed by atoms with Crippen LogP contribution in [0.3, 0.4) is 0 Å². The third kappa shape index (κ3) is 2.86. The average molecular weight is 210 g/mol. The van der Waals surface area contributed by atoms with E-state index < -0.39 is 6.10 Å². The average Bonchev–Trinajstić information content (AvgIpc) is 2.21. The van der Waals surface area contributed by atoms with Crippen LogP contribution in [0.1, 0.15) is 35.7 Å². The van der Waals surface area contributed by atoms with Crippen molar-refractivity contribution in [3.05, 3.63) is 35.1 Å². The highest BCUT2D eigenvalue weighted by Gasteiger charge is 2.16. The molecular formula is C12H15FO2. The molecule has 2 nitrogen and oxygen atoms in total. The Morgan fingerprint density at radius 2 is 2.20 bits per heavy atom. The van der Waals surface area contributed by atoms with Crippen LogP contribution in [0, 0.1) is 12.7 Å². The van der Waals surface area contributed by atoms with Crippen molar-refractivity contribution in [3.63, 3.8) is 0 Å². The highest BCUT2D eigenvalue weighted by Crippen LogP contribution is 2.12. The molecule has 0 aromatic heterocycles. The summed E-state index contributed by atoms with van der Waals surface area (Å²) >= 11 is 0. The summed E-state index contributed by atoms with van der Waals surface area (Å²) in [4.78, 5) is 11.6. The molecule has 1 N–H and O–H groups in total. The topological polar surface area (TPSA) is 37.3 Å². The van der Waals surface area contributed by atoms with E-state index in [4.69, 9.17) is 0 Å². The molecular weight excluding hydrogens is 195 g/mol. The number of aryl methyl sites for hydroxylation is 1. The van der Waals surface area contributed by atoms with Gasteiger partial charge in [-0.2, -0.15) is 0 Å². The smallest absolute Gasteiger partial charge is 0.191 e. The first-order valence-electron chi connectivity index (χ1n) is 5.04. The minimum atomic E-state index is -0.972. The maximum absolute atomic E-state index is 12.9. The van der Waals surface area contributed by atoms with Gasteiger partial charge in [0.25, 0.3) is 0 Å². The fourth-order valence-corrected chi connectivity index (χ4v) is 1.39. The molecule has 0 amide bonds. The Balaban J connectivity index is 2.87. The molecule has 0 bridgehead atoms. The zero-order chi connectivity index (χ0) is 11.4. The number of ketones is 1. The van der Waals surface area contributed by atoms with Crippen LogP contribution in [0.25, 0.3) is 0 Å². The maximum atomic E-state index is 12.9. The van der Waals surface area contributed by atoms with Gasteiger partial charge in [-0.05, 0) is 37.1 Å². The lowest BCUT2D eigenvalue weighted by atomic mass is 10.0. The van der Waals surface area contributed by atoms with E-state index in [1.54, 1.807) is 6.92 Å². The summed E-state index contributed by atoms with van der Waals surface area (Å²) in [5, 5.41) is 9.49. The molecule has 3 heteroatoms. The number of Topliss-reactive ketones (excluding diaryl/α,β-unsaturated/α-hetero) is 1. The van der Waals surface area contributed by atoms with Gasteiger partial charge in [0.15, 0.2) is 5.78 Å². The molecule has 1 aromatic rings. The van der Waals surface area contributed by atoms with Gasteiger partial charge in [-0.25, -0.2) is 4.39 Å². The molecule has 15 heavy (non-hydrogen) atoms. The minimum absolute atomic E-state index is 0.333. The van der Waals surface area contributed by atoms with E-state index in [1.807, 2.05) is 6.92 Å². The zero-order valence-corrected chi connectivity index (χ0v) is 8.96. The molecule has 0 heterocycles. The molecule has 1 aromatic carbocycles. The predicted octanol–water partition coefficient (Wildman–Crippen LogP) is 2.48. The van der Waals surface area contributed by atoms with E-state index in [0.29, 0.717) is 17.5 Å². The van der Waals surface area contributed by atoms with E-state index in [-0.39, 0.29) is 11.6 Å². The molecule has 0 aliphatic heterocycles. The number of hydrogen-bond donors (Lipinski definition) is 1. The number of benzene rings is 1. The number of hydrogen-bond acceptors (Lipinski definition) is 2. The van der Waals surface area contributed by atoms with Crippen molar-refractivity contribution in [2.24, 2.45) is 0 Å². The Morgan fingerprint density at radius 3 is 2.73 bits per heavy atom. The van der Waals surface area contributed by atoms with Gasteiger partial charge in [-0.1, -0.05) is 13.3 Å². The van der Waals surface area contributed by atoms with Crippen molar-refractivity contribution < 1.29 is 14.3 Å². The quantitative estimate of drug-likeness (QED) is 0.775. The fourth-order valence-electron chi connectivity index (χ4n) is 1.39. The van der Waals surface area contributed by atoms with Gasteiger partial charge in [-0.15, -0.1) is 0 Å². The Morgan fingerprint density at radius 1 is 1.53 bits per heavy atom. The van der Waals surface area contributed by atoms with Crippen LogP contribution in [-0.2, 0) is 0 Å². The summed E-state index contributed by atoms with van der Waals surface area (Å²) in [6.45, 7) is 3.49. The van der Waals surface area contributed by atoms with E-state index in [2.05, 4.69) is 0 Å². The molecule has 0 saturated carbocycles. The zero-order valence-electron chi connectivity index (χ0n) is 8.96. The van der Waals surface area contributed by atoms with Gasteiger partial charge in [0.1, 0.15) is 11.9 Å². The molecule has 0 aliphatic rings. The number of carbonyl (C=O) groups is 1. The van der Waals surface area contributed by atoms with Gasteiger partial charge >= 0.3 is 0 Å². The van der Waals surface area contributed by atoms with Crippen LogP contribution < -0.4 is 0 Å². The first-order chi connectivity index (χ1) is 7.06. The summed E-state index contributed by atoms with van der Waals surface area (Å²) in [6, 6.07) is 4.13. The van der Waals surface area contributed by atoms with Crippen LogP contribution >= 0.6 is 0 Å². The number of halogens is 1. The van der Waals surface area contributed by atoms with Gasteiger partial charge in [0.2, 0.25) is 0 Å². The highest BCUT2D eigenvalue weighted by atomic mass is 19.1. The second-order valence-electron chi connectivity index (χ2n) is 3.63. The van der Waals surface area contributed by atoms with Crippen molar-refractivity contribution in [2.45, 2.75) is 32.8 Å². The molecule has 1 unspecified atom stereocenters. The van der Waals surface area contributed by atoms with E-state index in [9.17, 15) is 14.3 Å². The lowest BCUT2D eigenvalue weighted by molar-refractivity contribution is 0.0729. The van der Waals surface area contributed by atoms with Crippen molar-refractivity contribution in [3.8, 4) is 0 Å². The van der Waals surface area contributed by atoms with Crippen LogP contribution in [0.4, 0.5) is 4.39 Å². The molecule has 0 aliphatic carbocycles. The number of carbonyl (C=O) groups excluding carboxylic acids is 1. The van der Waals surface area contributed by atoms with Crippen LogP contribution in [-0.4, -0.2) is 17.0 Å². The Bertz CT molecular complexity index is 361. The van der Waals surface area contributed by atoms with Crippen molar-refractivity contribution in [1.29, 1.82) is 0 Å². The molecule has 82 valence electrons. The minimum Gasteiger partial charge on any atom is -0.385 e. The molecule has 0 saturated heterocycles. The van der Waals surface area contributed by atoms with Gasteiger partial charge < -0.3 is 5.11 Å². The lowest BCUT2D eigenvalue weighted by Crippen LogP contribution is -2.20. The number of rotatable bonds is 4. The summed E-state index contributed by atoms with van der Waals surface area (Å²) < 4.78 is 12.9. The van der Waals surface area contributed by atoms with E-state index >= 15 is 0 Å². The molecule has 0 radical (unpaired) electrons. The first-order valence-corrected chi connectivity index (χ1v) is 5.04. The summed E-state index contributed by atoms with van der Waals surface area (Å²) in [5.74, 6) is -0.670. The van der Waals surface area contributed by atoms with Crippen molar-refractivity contribution in [2.75, 3.05) is 0 Å². The molecule has 0 spiro atoms. The van der Waals surface area contributed by atoms with Gasteiger partial charge in [-0.3, -0.25) is 4.79 Å². The second kappa shape index (κ2) is 5.03. The Kier molecular flexibility index (Phi) is 3.97. The maximum Gasteiger partial charge on any atom is 0.191 e. The second-order valence-corrected chi connectivity index (χ2v) is 3.63. The largest absolute Gasteiger partial charge is 0.385 e. The summed E-state index contributed by atoms with van der Waals surface area (Å²) in [6.07, 6.45) is 0.211. The molecule has 1 atom stereocenters. The SMILES string of the molecule is CCCC(O)C(=O)c1ccc(F)c(C)c1. The summed E-state index contributed by atoms with van der Waals surface area (Å²) in [5.41, 5.74) is 0.791. The number of aliphatic hydroxyl groups is 1. The van der Waals surface area contributed by atoms with E-state index in [1.165, 1.54) is 18.2 Å². The third-order valence-corrected chi connectivity index (χ3v) is 2.31. The fraction of sp³-hybridized carbons (Fsp3) is 0.417. The summed E-state index contributed by atoms with van der Waals surface area (Å²) in [7, 11) is 0. The Hall–Kier alpha value is -1.22. The van der Waals surface area contributed by atoms with Gasteiger partial charge in [0.05, 0.1) is 0 Å². The molecule has 1 rings (SSSR count). The highest BCUT2D eigenvalue weighted by molar-refractivity contribution is 5.99. The number of aliphatic hydroxyl groups excluding tert-OH is 1. The van der Waals surface area contributed by atoms with E-state index in [0.717, 1.165) is 6.42 Å². The monoisotopic (exact) mass is 210 g/mol. The van der Waals surface area contributed by atoms with Crippen molar-refractivity contribution in [1.82, 2.24) is 0 Å². The first kappa shape index (κ1) is 11.9. The van der Waals surface area contributed by atoms with Crippen LogP contribution in [0.2, 0.25) is 0 Å². The Labute approximate surface area is 88.7 Å². The predicted molar refractivity (Wildman–Crippen MR) is 56.4 cm³/mol.